The van der Waals surface area contributed by atoms with Crippen LogP contribution >= 0.6 is 0 Å². The van der Waals surface area contributed by atoms with Gasteiger partial charge in [-0.15, -0.1) is 0 Å². The first-order valence-electron chi connectivity index (χ1n) is 7.42. The molecule has 1 N–H and O–H groups in total. The first-order valence-corrected chi connectivity index (χ1v) is 7.42. The maximum absolute atomic E-state index is 11.7. The van der Waals surface area contributed by atoms with Gasteiger partial charge in [-0.2, -0.15) is 0 Å². The summed E-state index contributed by atoms with van der Waals surface area (Å²) in [6.45, 7) is 11.8. The van der Waals surface area contributed by atoms with Gasteiger partial charge in [-0.05, 0) is 57.8 Å². The van der Waals surface area contributed by atoms with Crippen LogP contribution in [-0.2, 0) is 9.53 Å². The highest BCUT2D eigenvalue weighted by atomic mass is 16.6. The van der Waals surface area contributed by atoms with Crippen LogP contribution in [0.25, 0.3) is 0 Å². The van der Waals surface area contributed by atoms with Crippen molar-refractivity contribution < 1.29 is 14.6 Å². The average molecular weight is 281 g/mol. The second-order valence-corrected chi connectivity index (χ2v) is 8.01. The van der Waals surface area contributed by atoms with Crippen LogP contribution in [0.1, 0.15) is 54.4 Å². The molecular weight excluding hydrogens is 254 g/mol. The number of hydrogen-bond acceptors (Lipinski definition) is 4. The summed E-state index contributed by atoms with van der Waals surface area (Å²) >= 11 is 0. The Labute approximate surface area is 121 Å². The summed E-state index contributed by atoms with van der Waals surface area (Å²) in [5.74, 6) is 0.482. The number of carbonyl (C=O) groups is 1. The predicted octanol–water partition coefficient (Wildman–Crippen LogP) is 2.59. The van der Waals surface area contributed by atoms with E-state index in [0.717, 1.165) is 18.6 Å². The lowest BCUT2D eigenvalue weighted by Crippen LogP contribution is -2.64. The molecule has 114 valence electrons. The van der Waals surface area contributed by atoms with E-state index in [1.807, 2.05) is 27.7 Å². The SMILES string of the molecule is CC(C)(C)OC(=O)C/N=C1\C[C@H]2C[C@H](C2(C)C)[C@@]1(C)O. The van der Waals surface area contributed by atoms with Gasteiger partial charge in [-0.1, -0.05) is 13.8 Å². The van der Waals surface area contributed by atoms with Crippen LogP contribution in [0.3, 0.4) is 0 Å². The van der Waals surface area contributed by atoms with Crippen molar-refractivity contribution in [2.45, 2.75) is 65.6 Å². The van der Waals surface area contributed by atoms with E-state index in [9.17, 15) is 9.90 Å². The van der Waals surface area contributed by atoms with Gasteiger partial charge >= 0.3 is 5.97 Å². The van der Waals surface area contributed by atoms with Crippen LogP contribution in [0.15, 0.2) is 4.99 Å². The van der Waals surface area contributed by atoms with Gasteiger partial charge in [0.05, 0.1) is 0 Å². The maximum atomic E-state index is 11.7. The molecule has 20 heavy (non-hydrogen) atoms. The zero-order valence-electron chi connectivity index (χ0n) is 13.5. The third kappa shape index (κ3) is 2.62. The van der Waals surface area contributed by atoms with Crippen molar-refractivity contribution in [1.82, 2.24) is 0 Å². The Morgan fingerprint density at radius 2 is 2.00 bits per heavy atom. The van der Waals surface area contributed by atoms with E-state index in [-0.39, 0.29) is 23.8 Å². The summed E-state index contributed by atoms with van der Waals surface area (Å²) in [6.07, 6.45) is 1.85. The minimum atomic E-state index is -0.889. The molecule has 3 saturated carbocycles. The van der Waals surface area contributed by atoms with Crippen molar-refractivity contribution in [2.24, 2.45) is 22.2 Å². The van der Waals surface area contributed by atoms with Gasteiger partial charge in [0.15, 0.2) is 0 Å². The van der Waals surface area contributed by atoms with E-state index in [4.69, 9.17) is 4.74 Å². The third-order valence-corrected chi connectivity index (χ3v) is 4.99. The zero-order chi connectivity index (χ0) is 15.3. The molecule has 0 aromatic rings. The highest BCUT2D eigenvalue weighted by Gasteiger charge is 2.61. The second-order valence-electron chi connectivity index (χ2n) is 8.01. The minimum absolute atomic E-state index is 0.00260. The molecule has 0 saturated heterocycles. The molecule has 4 nitrogen and oxygen atoms in total. The van der Waals surface area contributed by atoms with E-state index in [2.05, 4.69) is 18.8 Å². The lowest BCUT2D eigenvalue weighted by Gasteiger charge is -2.62. The van der Waals surface area contributed by atoms with Crippen molar-refractivity contribution in [2.75, 3.05) is 6.54 Å². The minimum Gasteiger partial charge on any atom is -0.459 e. The molecule has 0 spiro atoms. The van der Waals surface area contributed by atoms with E-state index in [0.29, 0.717) is 5.92 Å². The maximum Gasteiger partial charge on any atom is 0.328 e. The van der Waals surface area contributed by atoms with Crippen LogP contribution in [-0.4, -0.2) is 34.5 Å². The fourth-order valence-corrected chi connectivity index (χ4v) is 3.72. The van der Waals surface area contributed by atoms with Crippen molar-refractivity contribution in [3.63, 3.8) is 0 Å². The highest BCUT2D eigenvalue weighted by molar-refractivity contribution is 5.95. The van der Waals surface area contributed by atoms with Crippen molar-refractivity contribution >= 4 is 11.7 Å². The number of ether oxygens (including phenoxy) is 1. The summed E-state index contributed by atoms with van der Waals surface area (Å²) in [5.41, 5.74) is -0.436. The van der Waals surface area contributed by atoms with E-state index < -0.39 is 11.2 Å². The smallest absolute Gasteiger partial charge is 0.328 e. The van der Waals surface area contributed by atoms with Crippen molar-refractivity contribution in [1.29, 1.82) is 0 Å². The van der Waals surface area contributed by atoms with Gasteiger partial charge in [0.2, 0.25) is 0 Å². The van der Waals surface area contributed by atoms with Crippen LogP contribution in [0.4, 0.5) is 0 Å². The van der Waals surface area contributed by atoms with Gasteiger partial charge in [-0.3, -0.25) is 9.79 Å². The topological polar surface area (TPSA) is 58.9 Å². The number of rotatable bonds is 2. The highest BCUT2D eigenvalue weighted by Crippen LogP contribution is 2.61. The molecule has 0 radical (unpaired) electrons. The Hall–Kier alpha value is -0.900. The van der Waals surface area contributed by atoms with E-state index in [1.54, 1.807) is 0 Å². The Morgan fingerprint density at radius 1 is 1.40 bits per heavy atom. The third-order valence-electron chi connectivity index (χ3n) is 4.99. The number of nitrogens with zero attached hydrogens (tertiary/aromatic N) is 1. The Bertz CT molecular complexity index is 443. The summed E-state index contributed by atoms with van der Waals surface area (Å²) in [7, 11) is 0. The molecule has 0 heterocycles. The van der Waals surface area contributed by atoms with Crippen LogP contribution in [0, 0.1) is 17.3 Å². The predicted molar refractivity (Wildman–Crippen MR) is 78.8 cm³/mol. The Morgan fingerprint density at radius 3 is 2.45 bits per heavy atom. The van der Waals surface area contributed by atoms with Crippen molar-refractivity contribution in [3.05, 3.63) is 0 Å². The molecule has 3 atom stereocenters. The fourth-order valence-electron chi connectivity index (χ4n) is 3.72. The lowest BCUT2D eigenvalue weighted by molar-refractivity contribution is -0.153. The molecule has 3 aliphatic carbocycles. The van der Waals surface area contributed by atoms with Crippen LogP contribution < -0.4 is 0 Å². The number of carbonyl (C=O) groups excluding carboxylic acids is 1. The fraction of sp³-hybridized carbons (Fsp3) is 0.875. The lowest BCUT2D eigenvalue weighted by atomic mass is 9.44. The Balaban J connectivity index is 2.04. The van der Waals surface area contributed by atoms with Gasteiger partial charge in [0.1, 0.15) is 17.7 Å². The molecule has 3 fully saturated rings. The molecule has 0 aromatic carbocycles. The molecule has 4 heteroatoms. The van der Waals surface area contributed by atoms with Crippen molar-refractivity contribution in [3.8, 4) is 0 Å². The molecule has 0 amide bonds. The van der Waals surface area contributed by atoms with Gasteiger partial charge in [0.25, 0.3) is 0 Å². The molecule has 0 unspecified atom stereocenters. The number of fused-ring (bicyclic) bond motifs is 2. The second kappa shape index (κ2) is 4.55. The summed E-state index contributed by atoms with van der Waals surface area (Å²) in [6, 6.07) is 0. The molecule has 3 aliphatic rings. The summed E-state index contributed by atoms with van der Waals surface area (Å²) < 4.78 is 5.25. The number of aliphatic hydroxyl groups is 1. The molecule has 0 aromatic heterocycles. The molecule has 2 bridgehead atoms. The molecular formula is C16H27NO3. The number of esters is 1. The van der Waals surface area contributed by atoms with E-state index >= 15 is 0 Å². The summed E-state index contributed by atoms with van der Waals surface area (Å²) in [5, 5.41) is 10.7. The van der Waals surface area contributed by atoms with Crippen LogP contribution in [0.5, 0.6) is 0 Å². The first-order chi connectivity index (χ1) is 8.94. The van der Waals surface area contributed by atoms with Gasteiger partial charge < -0.3 is 9.84 Å². The molecule has 3 rings (SSSR count). The molecule has 0 aliphatic heterocycles. The zero-order valence-corrected chi connectivity index (χ0v) is 13.5. The number of aliphatic imine (C=N–C) groups is 1. The average Bonchev–Trinajstić information content (AvgIpc) is 2.23. The largest absolute Gasteiger partial charge is 0.459 e. The first kappa shape index (κ1) is 15.5. The normalized spacial score (nSPS) is 37.5. The number of hydrogen-bond donors (Lipinski definition) is 1. The van der Waals surface area contributed by atoms with Gasteiger partial charge in [0, 0.05) is 5.71 Å². The van der Waals surface area contributed by atoms with Crippen LogP contribution in [0.2, 0.25) is 0 Å². The van der Waals surface area contributed by atoms with Gasteiger partial charge in [-0.25, -0.2) is 0 Å². The quantitative estimate of drug-likeness (QED) is 0.791. The summed E-state index contributed by atoms with van der Waals surface area (Å²) in [4.78, 5) is 16.1. The standard InChI is InChI=1S/C16H27NO3/c1-14(2,3)20-13(18)9-17-12-8-10-7-11(15(10,4)5)16(12,6)19/h10-11,19H,7-9H2,1-6H3/b17-12+/t10-,11-,16-/m1/s1. The monoisotopic (exact) mass is 281 g/mol. The van der Waals surface area contributed by atoms with E-state index in [1.165, 1.54) is 0 Å². The Kier molecular flexibility index (Phi) is 3.52.